The molecule has 1 unspecified atom stereocenters. The third kappa shape index (κ3) is 3.14. The summed E-state index contributed by atoms with van der Waals surface area (Å²) in [5, 5.41) is 0.385. The second-order valence-electron chi connectivity index (χ2n) is 6.10. The van der Waals surface area contributed by atoms with E-state index < -0.39 is 11.7 Å². The van der Waals surface area contributed by atoms with E-state index in [0.29, 0.717) is 22.8 Å². The molecule has 3 aromatic rings. The van der Waals surface area contributed by atoms with Crippen molar-refractivity contribution in [1.29, 1.82) is 0 Å². The Balaban J connectivity index is 1.68. The Labute approximate surface area is 152 Å². The van der Waals surface area contributed by atoms with Crippen LogP contribution < -0.4 is 10.5 Å². The Kier molecular flexibility index (Phi) is 4.11. The van der Waals surface area contributed by atoms with Gasteiger partial charge in [0.05, 0.1) is 16.1 Å². The van der Waals surface area contributed by atoms with E-state index in [4.69, 9.17) is 10.5 Å². The van der Waals surface area contributed by atoms with Crippen molar-refractivity contribution >= 4 is 16.5 Å². The molecule has 134 valence electrons. The minimum absolute atomic E-state index is 0.204. The first-order valence-corrected chi connectivity index (χ1v) is 8.92. The fraction of sp³-hybridized carbons (Fsp3) is 0.211. The summed E-state index contributed by atoms with van der Waals surface area (Å²) in [5.74, 6) is 0.204. The molecule has 0 fully saturated rings. The van der Waals surface area contributed by atoms with Crippen LogP contribution in [-0.2, 0) is 12.6 Å². The van der Waals surface area contributed by atoms with E-state index in [9.17, 15) is 13.2 Å². The van der Waals surface area contributed by atoms with Gasteiger partial charge in [-0.3, -0.25) is 0 Å². The minimum atomic E-state index is -4.42. The second kappa shape index (κ2) is 6.32. The molecule has 26 heavy (non-hydrogen) atoms. The fourth-order valence-corrected chi connectivity index (χ4v) is 4.00. The summed E-state index contributed by atoms with van der Waals surface area (Å²) >= 11 is 1.33. The smallest absolute Gasteiger partial charge is 0.416 e. The number of aryl methyl sites for hydroxylation is 1. The van der Waals surface area contributed by atoms with E-state index in [1.165, 1.54) is 17.4 Å². The average Bonchev–Trinajstić information content (AvgIpc) is 3.01. The molecule has 2 N–H and O–H groups in total. The molecular formula is C19H15F3N2OS. The number of alkyl halides is 3. The Bertz CT molecular complexity index is 938. The van der Waals surface area contributed by atoms with E-state index in [-0.39, 0.29) is 11.9 Å². The predicted molar refractivity (Wildman–Crippen MR) is 95.1 cm³/mol. The van der Waals surface area contributed by atoms with Crippen LogP contribution in [0.2, 0.25) is 0 Å². The first-order valence-electron chi connectivity index (χ1n) is 8.10. The molecule has 0 bridgehead atoms. The lowest BCUT2D eigenvalue weighted by Crippen LogP contribution is -2.15. The van der Waals surface area contributed by atoms with Crippen LogP contribution in [0.25, 0.3) is 11.3 Å². The molecule has 0 saturated carbocycles. The largest absolute Gasteiger partial charge is 0.484 e. The Morgan fingerprint density at radius 1 is 1.12 bits per heavy atom. The monoisotopic (exact) mass is 376 g/mol. The van der Waals surface area contributed by atoms with Crippen LogP contribution in [0.1, 0.15) is 28.5 Å². The molecule has 0 aliphatic carbocycles. The third-order valence-corrected chi connectivity index (χ3v) is 5.31. The zero-order chi connectivity index (χ0) is 18.3. The van der Waals surface area contributed by atoms with Crippen molar-refractivity contribution < 1.29 is 17.9 Å². The molecule has 1 atom stereocenters. The van der Waals surface area contributed by atoms with Crippen molar-refractivity contribution in [1.82, 2.24) is 4.98 Å². The van der Waals surface area contributed by atoms with Crippen molar-refractivity contribution in [3.8, 4) is 17.0 Å². The third-order valence-electron chi connectivity index (χ3n) is 4.33. The van der Waals surface area contributed by atoms with Gasteiger partial charge in [-0.1, -0.05) is 41.7 Å². The number of nitrogens with zero attached hydrogens (tertiary/aromatic N) is 1. The molecule has 0 radical (unpaired) electrons. The van der Waals surface area contributed by atoms with Crippen LogP contribution in [0, 0.1) is 0 Å². The fourth-order valence-electron chi connectivity index (χ4n) is 3.09. The van der Waals surface area contributed by atoms with Crippen molar-refractivity contribution in [2.75, 3.05) is 5.73 Å². The standard InChI is InChI=1S/C19H15F3N2OS/c20-19(21,22)12-7-8-13-15(10-12)25-14(17-16(13)24-18(23)26-17)9-6-11-4-2-1-3-5-11/h1-5,7-8,10,14H,6,9H2,(H2,23,24). The van der Waals surface area contributed by atoms with Crippen molar-refractivity contribution in [3.05, 3.63) is 64.5 Å². The second-order valence-corrected chi connectivity index (χ2v) is 7.17. The van der Waals surface area contributed by atoms with Crippen molar-refractivity contribution in [3.63, 3.8) is 0 Å². The summed E-state index contributed by atoms with van der Waals surface area (Å²) in [6.45, 7) is 0. The Morgan fingerprint density at radius 2 is 1.88 bits per heavy atom. The van der Waals surface area contributed by atoms with Crippen molar-refractivity contribution in [2.24, 2.45) is 0 Å². The number of halogens is 3. The Hall–Kier alpha value is -2.54. The molecule has 1 aromatic heterocycles. The van der Waals surface area contributed by atoms with Crippen LogP contribution in [0.3, 0.4) is 0 Å². The van der Waals surface area contributed by atoms with Gasteiger partial charge in [0.15, 0.2) is 5.13 Å². The highest BCUT2D eigenvalue weighted by Crippen LogP contribution is 2.48. The summed E-state index contributed by atoms with van der Waals surface area (Å²) in [6, 6.07) is 13.4. The SMILES string of the molecule is Nc1nc2c(s1)C(CCc1ccccc1)Oc1cc(C(F)(F)F)ccc1-2. The molecule has 2 heterocycles. The molecule has 7 heteroatoms. The Morgan fingerprint density at radius 3 is 2.62 bits per heavy atom. The zero-order valence-corrected chi connectivity index (χ0v) is 14.4. The highest BCUT2D eigenvalue weighted by atomic mass is 32.1. The summed E-state index contributed by atoms with van der Waals surface area (Å²) in [5.41, 5.74) is 7.45. The molecule has 0 saturated heterocycles. The molecule has 1 aliphatic heterocycles. The number of fused-ring (bicyclic) bond motifs is 3. The lowest BCUT2D eigenvalue weighted by molar-refractivity contribution is -0.137. The maximum atomic E-state index is 13.0. The van der Waals surface area contributed by atoms with Gasteiger partial charge >= 0.3 is 6.18 Å². The number of hydrogen-bond donors (Lipinski definition) is 1. The van der Waals surface area contributed by atoms with Gasteiger partial charge in [-0.15, -0.1) is 0 Å². The lowest BCUT2D eigenvalue weighted by Gasteiger charge is -2.26. The van der Waals surface area contributed by atoms with E-state index in [0.717, 1.165) is 29.0 Å². The van der Waals surface area contributed by atoms with E-state index in [1.807, 2.05) is 30.3 Å². The van der Waals surface area contributed by atoms with Crippen LogP contribution in [0.4, 0.5) is 18.3 Å². The number of nitrogens with two attached hydrogens (primary N) is 1. The van der Waals surface area contributed by atoms with Gasteiger partial charge < -0.3 is 10.5 Å². The number of benzene rings is 2. The normalized spacial score (nSPS) is 15.9. The number of ether oxygens (including phenoxy) is 1. The number of nitrogen functional groups attached to an aromatic ring is 1. The number of thiazole rings is 1. The van der Waals surface area contributed by atoms with Gasteiger partial charge in [0.1, 0.15) is 11.9 Å². The molecule has 0 amide bonds. The van der Waals surface area contributed by atoms with Crippen molar-refractivity contribution in [2.45, 2.75) is 25.1 Å². The zero-order valence-electron chi connectivity index (χ0n) is 13.6. The number of hydrogen-bond acceptors (Lipinski definition) is 4. The van der Waals surface area contributed by atoms with Gasteiger partial charge in [-0.25, -0.2) is 4.98 Å². The first-order chi connectivity index (χ1) is 12.4. The highest BCUT2D eigenvalue weighted by Gasteiger charge is 2.35. The maximum absolute atomic E-state index is 13.0. The number of anilines is 1. The van der Waals surface area contributed by atoms with Crippen LogP contribution in [0.15, 0.2) is 48.5 Å². The molecule has 2 aromatic carbocycles. The minimum Gasteiger partial charge on any atom is -0.484 e. The lowest BCUT2D eigenvalue weighted by atomic mass is 9.98. The highest BCUT2D eigenvalue weighted by molar-refractivity contribution is 7.15. The van der Waals surface area contributed by atoms with Gasteiger partial charge in [-0.2, -0.15) is 13.2 Å². The summed E-state index contributed by atoms with van der Waals surface area (Å²) in [4.78, 5) is 5.19. The van der Waals surface area contributed by atoms with Gasteiger partial charge in [0.2, 0.25) is 0 Å². The topological polar surface area (TPSA) is 48.1 Å². The van der Waals surface area contributed by atoms with Crippen LogP contribution >= 0.6 is 11.3 Å². The predicted octanol–water partition coefficient (Wildman–Crippen LogP) is 5.48. The van der Waals surface area contributed by atoms with Gasteiger partial charge in [0, 0.05) is 5.56 Å². The molecule has 3 nitrogen and oxygen atoms in total. The molecule has 0 spiro atoms. The molecular weight excluding hydrogens is 361 g/mol. The number of rotatable bonds is 3. The maximum Gasteiger partial charge on any atom is 0.416 e. The number of aromatic nitrogens is 1. The first kappa shape index (κ1) is 16.9. The average molecular weight is 376 g/mol. The van der Waals surface area contributed by atoms with Crippen LogP contribution in [0.5, 0.6) is 5.75 Å². The summed E-state index contributed by atoms with van der Waals surface area (Å²) < 4.78 is 45.1. The van der Waals surface area contributed by atoms with Gasteiger partial charge in [0.25, 0.3) is 0 Å². The van der Waals surface area contributed by atoms with Crippen LogP contribution in [-0.4, -0.2) is 4.98 Å². The summed E-state index contributed by atoms with van der Waals surface area (Å²) in [7, 11) is 0. The summed E-state index contributed by atoms with van der Waals surface area (Å²) in [6.07, 6.45) is -3.40. The molecule has 4 rings (SSSR count). The molecule has 1 aliphatic rings. The van der Waals surface area contributed by atoms with E-state index in [1.54, 1.807) is 0 Å². The van der Waals surface area contributed by atoms with E-state index >= 15 is 0 Å². The quantitative estimate of drug-likeness (QED) is 0.659. The van der Waals surface area contributed by atoms with Gasteiger partial charge in [-0.05, 0) is 36.6 Å². The van der Waals surface area contributed by atoms with E-state index in [2.05, 4.69) is 4.98 Å².